The molecule has 0 aliphatic heterocycles. The zero-order chi connectivity index (χ0) is 14.5. The van der Waals surface area contributed by atoms with Crippen LogP contribution in [0.2, 0.25) is 0 Å². The lowest BCUT2D eigenvalue weighted by atomic mass is 10.00. The molecule has 0 saturated heterocycles. The number of hydrogen-bond acceptors (Lipinski definition) is 3. The first-order chi connectivity index (χ1) is 8.78. The number of ether oxygens (including phenoxy) is 1. The highest BCUT2D eigenvalue weighted by Gasteiger charge is 2.19. The maximum Gasteiger partial charge on any atom is 0.219 e. The topological polar surface area (TPSA) is 64.3 Å². The molecule has 19 heavy (non-hydrogen) atoms. The molecular formula is C15H24N2O2. The van der Waals surface area contributed by atoms with Gasteiger partial charge in [0.1, 0.15) is 5.75 Å². The molecule has 0 unspecified atom stereocenters. The fraction of sp³-hybridized carbons (Fsp3) is 0.533. The summed E-state index contributed by atoms with van der Waals surface area (Å²) in [4.78, 5) is 10.9. The minimum atomic E-state index is -0.293. The second-order valence-corrected chi connectivity index (χ2v) is 5.69. The zero-order valence-corrected chi connectivity index (χ0v) is 12.2. The largest absolute Gasteiger partial charge is 0.491 e. The van der Waals surface area contributed by atoms with E-state index >= 15 is 0 Å². The van der Waals surface area contributed by atoms with E-state index < -0.39 is 0 Å². The Bertz CT molecular complexity index is 411. The summed E-state index contributed by atoms with van der Waals surface area (Å²) in [5.74, 6) is 0.577. The SMILES string of the molecule is CC(C)Oc1ccc(CNC(C)(C)CC(N)=O)cc1. The van der Waals surface area contributed by atoms with Crippen molar-refractivity contribution in [3.63, 3.8) is 0 Å². The number of nitrogens with two attached hydrogens (primary N) is 1. The molecule has 106 valence electrons. The monoisotopic (exact) mass is 264 g/mol. The highest BCUT2D eigenvalue weighted by molar-refractivity contribution is 5.74. The number of amides is 1. The first-order valence-electron chi connectivity index (χ1n) is 6.57. The van der Waals surface area contributed by atoms with Crippen molar-refractivity contribution in [1.82, 2.24) is 5.32 Å². The molecule has 1 amide bonds. The molecule has 0 aliphatic rings. The predicted molar refractivity (Wildman–Crippen MR) is 76.9 cm³/mol. The van der Waals surface area contributed by atoms with Gasteiger partial charge in [0.05, 0.1) is 6.10 Å². The zero-order valence-electron chi connectivity index (χ0n) is 12.2. The average Bonchev–Trinajstić information content (AvgIpc) is 2.25. The second kappa shape index (κ2) is 6.57. The van der Waals surface area contributed by atoms with Gasteiger partial charge in [-0.25, -0.2) is 0 Å². The van der Waals surface area contributed by atoms with Gasteiger partial charge in [-0.2, -0.15) is 0 Å². The molecule has 0 saturated carbocycles. The van der Waals surface area contributed by atoms with Crippen molar-refractivity contribution in [2.75, 3.05) is 0 Å². The van der Waals surface area contributed by atoms with Crippen molar-refractivity contribution in [2.45, 2.75) is 52.3 Å². The van der Waals surface area contributed by atoms with Crippen molar-refractivity contribution in [2.24, 2.45) is 5.73 Å². The van der Waals surface area contributed by atoms with E-state index in [1.165, 1.54) is 0 Å². The summed E-state index contributed by atoms with van der Waals surface area (Å²) in [6.45, 7) is 8.63. The first kappa shape index (κ1) is 15.5. The standard InChI is InChI=1S/C15H24N2O2/c1-11(2)19-13-7-5-12(6-8-13)10-17-15(3,4)9-14(16)18/h5-8,11,17H,9-10H2,1-4H3,(H2,16,18). The molecule has 1 rings (SSSR count). The van der Waals surface area contributed by atoms with Crippen LogP contribution >= 0.6 is 0 Å². The molecule has 1 aromatic carbocycles. The Kier molecular flexibility index (Phi) is 5.36. The fourth-order valence-electron chi connectivity index (χ4n) is 1.80. The van der Waals surface area contributed by atoms with Gasteiger partial charge in [-0.3, -0.25) is 4.79 Å². The summed E-state index contributed by atoms with van der Waals surface area (Å²) < 4.78 is 5.59. The quantitative estimate of drug-likeness (QED) is 0.793. The molecule has 0 atom stereocenters. The summed E-state index contributed by atoms with van der Waals surface area (Å²) in [6.07, 6.45) is 0.500. The molecule has 0 heterocycles. The number of primary amides is 1. The Morgan fingerprint density at radius 3 is 2.37 bits per heavy atom. The highest BCUT2D eigenvalue weighted by atomic mass is 16.5. The molecular weight excluding hydrogens is 240 g/mol. The molecule has 0 aromatic heterocycles. The normalized spacial score (nSPS) is 11.6. The van der Waals surface area contributed by atoms with E-state index in [1.807, 2.05) is 52.0 Å². The van der Waals surface area contributed by atoms with Gasteiger partial charge in [0.25, 0.3) is 0 Å². The van der Waals surface area contributed by atoms with Crippen molar-refractivity contribution in [3.05, 3.63) is 29.8 Å². The minimum absolute atomic E-state index is 0.179. The lowest BCUT2D eigenvalue weighted by molar-refractivity contribution is -0.119. The summed E-state index contributed by atoms with van der Waals surface area (Å²) in [5, 5.41) is 3.33. The lowest BCUT2D eigenvalue weighted by Crippen LogP contribution is -2.42. The van der Waals surface area contributed by atoms with Gasteiger partial charge in [0.2, 0.25) is 5.91 Å². The van der Waals surface area contributed by atoms with Crippen molar-refractivity contribution in [3.8, 4) is 5.75 Å². The molecule has 0 bridgehead atoms. The summed E-state index contributed by atoms with van der Waals surface area (Å²) in [7, 11) is 0. The van der Waals surface area contributed by atoms with Gasteiger partial charge < -0.3 is 15.8 Å². The van der Waals surface area contributed by atoms with Crippen LogP contribution in [-0.4, -0.2) is 17.6 Å². The summed E-state index contributed by atoms with van der Waals surface area (Å²) in [5.41, 5.74) is 6.07. The number of benzene rings is 1. The van der Waals surface area contributed by atoms with Crippen LogP contribution in [0.3, 0.4) is 0 Å². The third-order valence-corrected chi connectivity index (χ3v) is 2.68. The molecule has 1 aromatic rings. The molecule has 0 spiro atoms. The maximum absolute atomic E-state index is 10.9. The van der Waals surface area contributed by atoms with Crippen LogP contribution in [0.1, 0.15) is 39.7 Å². The fourth-order valence-corrected chi connectivity index (χ4v) is 1.80. The molecule has 0 fully saturated rings. The van der Waals surface area contributed by atoms with E-state index in [1.54, 1.807) is 0 Å². The number of hydrogen-bond donors (Lipinski definition) is 2. The van der Waals surface area contributed by atoms with Crippen LogP contribution < -0.4 is 15.8 Å². The van der Waals surface area contributed by atoms with E-state index in [0.29, 0.717) is 13.0 Å². The van der Waals surface area contributed by atoms with Crippen molar-refractivity contribution in [1.29, 1.82) is 0 Å². The Morgan fingerprint density at radius 2 is 1.89 bits per heavy atom. The van der Waals surface area contributed by atoms with Crippen LogP contribution in [0.25, 0.3) is 0 Å². The Morgan fingerprint density at radius 1 is 1.32 bits per heavy atom. The molecule has 4 heteroatoms. The maximum atomic E-state index is 10.9. The lowest BCUT2D eigenvalue weighted by Gasteiger charge is -2.25. The summed E-state index contributed by atoms with van der Waals surface area (Å²) in [6, 6.07) is 7.95. The number of nitrogens with one attached hydrogen (secondary N) is 1. The number of carbonyl (C=O) groups excluding carboxylic acids is 1. The van der Waals surface area contributed by atoms with Gasteiger partial charge in [-0.1, -0.05) is 12.1 Å². The first-order valence-corrected chi connectivity index (χ1v) is 6.57. The van der Waals surface area contributed by atoms with Gasteiger partial charge in [0.15, 0.2) is 0 Å². The Balaban J connectivity index is 2.52. The third kappa shape index (κ3) is 6.25. The molecule has 0 radical (unpaired) electrons. The predicted octanol–water partition coefficient (Wildman–Crippen LogP) is 2.22. The second-order valence-electron chi connectivity index (χ2n) is 5.69. The van der Waals surface area contributed by atoms with E-state index in [2.05, 4.69) is 5.32 Å². The minimum Gasteiger partial charge on any atom is -0.491 e. The third-order valence-electron chi connectivity index (χ3n) is 2.68. The van der Waals surface area contributed by atoms with Gasteiger partial charge in [-0.15, -0.1) is 0 Å². The van der Waals surface area contributed by atoms with Crippen molar-refractivity contribution >= 4 is 5.91 Å². The van der Waals surface area contributed by atoms with Crippen molar-refractivity contribution < 1.29 is 9.53 Å². The van der Waals surface area contributed by atoms with E-state index in [0.717, 1.165) is 11.3 Å². The van der Waals surface area contributed by atoms with Crippen LogP contribution in [0.4, 0.5) is 0 Å². The van der Waals surface area contributed by atoms with Crippen LogP contribution in [-0.2, 0) is 11.3 Å². The molecule has 0 aliphatic carbocycles. The van der Waals surface area contributed by atoms with E-state index in [9.17, 15) is 4.79 Å². The smallest absolute Gasteiger partial charge is 0.219 e. The molecule has 3 N–H and O–H groups in total. The number of carbonyl (C=O) groups is 1. The van der Waals surface area contributed by atoms with Crippen LogP contribution in [0, 0.1) is 0 Å². The van der Waals surface area contributed by atoms with Gasteiger partial charge in [0, 0.05) is 18.5 Å². The van der Waals surface area contributed by atoms with E-state index in [-0.39, 0.29) is 17.6 Å². The summed E-state index contributed by atoms with van der Waals surface area (Å²) >= 11 is 0. The highest BCUT2D eigenvalue weighted by Crippen LogP contribution is 2.15. The van der Waals surface area contributed by atoms with Gasteiger partial charge >= 0.3 is 0 Å². The Hall–Kier alpha value is -1.55. The van der Waals surface area contributed by atoms with Crippen LogP contribution in [0.5, 0.6) is 5.75 Å². The average molecular weight is 264 g/mol. The van der Waals surface area contributed by atoms with E-state index in [4.69, 9.17) is 10.5 Å². The Labute approximate surface area is 115 Å². The molecule has 4 nitrogen and oxygen atoms in total. The van der Waals surface area contributed by atoms with Gasteiger partial charge in [-0.05, 0) is 45.4 Å². The number of rotatable bonds is 7. The van der Waals surface area contributed by atoms with Crippen LogP contribution in [0.15, 0.2) is 24.3 Å².